The van der Waals surface area contributed by atoms with E-state index in [1.54, 1.807) is 31.3 Å². The molecule has 1 atom stereocenters. The van der Waals surface area contributed by atoms with Gasteiger partial charge in [0.05, 0.1) is 12.7 Å². The molecule has 1 aromatic rings. The van der Waals surface area contributed by atoms with Gasteiger partial charge >= 0.3 is 5.97 Å². The molecular formula is C15H19NO5. The maximum absolute atomic E-state index is 12.1. The van der Waals surface area contributed by atoms with E-state index in [1.165, 1.54) is 18.1 Å². The first-order chi connectivity index (χ1) is 9.93. The van der Waals surface area contributed by atoms with Crippen LogP contribution >= 0.6 is 0 Å². The number of hydrogen-bond donors (Lipinski definition) is 2. The van der Waals surface area contributed by atoms with E-state index in [1.807, 2.05) is 0 Å². The number of benzene rings is 1. The van der Waals surface area contributed by atoms with E-state index < -0.39 is 12.1 Å². The minimum atomic E-state index is -1.03. The molecule has 0 radical (unpaired) electrons. The van der Waals surface area contributed by atoms with E-state index in [-0.39, 0.29) is 19.1 Å². The van der Waals surface area contributed by atoms with Crippen molar-refractivity contribution < 1.29 is 24.5 Å². The highest BCUT2D eigenvalue weighted by Crippen LogP contribution is 2.09. The van der Waals surface area contributed by atoms with Gasteiger partial charge in [-0.25, -0.2) is 4.79 Å². The minimum absolute atomic E-state index is 0.163. The number of carboxylic acid groups (broad SMARTS) is 1. The quantitative estimate of drug-likeness (QED) is 0.728. The number of carbonyl (C=O) groups excluding carboxylic acids is 1. The lowest BCUT2D eigenvalue weighted by Crippen LogP contribution is -2.36. The largest absolute Gasteiger partial charge is 0.478 e. The van der Waals surface area contributed by atoms with Gasteiger partial charge in [-0.15, -0.1) is 0 Å². The number of rotatable bonds is 7. The number of likely N-dealkylation sites (N-methyl/N-ethyl adjacent to an activating group) is 1. The number of nitrogens with zero attached hydrogens (tertiary/aromatic N) is 1. The Balaban J connectivity index is 2.68. The third-order valence-corrected chi connectivity index (χ3v) is 2.77. The van der Waals surface area contributed by atoms with Crippen LogP contribution in [-0.2, 0) is 9.53 Å². The highest BCUT2D eigenvalue weighted by molar-refractivity contribution is 5.94. The maximum atomic E-state index is 12.1. The zero-order chi connectivity index (χ0) is 15.8. The van der Waals surface area contributed by atoms with Gasteiger partial charge < -0.3 is 19.8 Å². The van der Waals surface area contributed by atoms with Crippen molar-refractivity contribution in [2.75, 3.05) is 27.3 Å². The molecule has 1 rings (SSSR count). The molecule has 2 N–H and O–H groups in total. The van der Waals surface area contributed by atoms with E-state index >= 15 is 0 Å². The molecule has 6 nitrogen and oxygen atoms in total. The molecule has 0 fully saturated rings. The second-order valence-electron chi connectivity index (χ2n) is 4.59. The van der Waals surface area contributed by atoms with Gasteiger partial charge in [0.15, 0.2) is 0 Å². The van der Waals surface area contributed by atoms with Gasteiger partial charge in [-0.2, -0.15) is 0 Å². The summed E-state index contributed by atoms with van der Waals surface area (Å²) in [5, 5.41) is 18.1. The number of aliphatic carboxylic acids is 1. The predicted octanol–water partition coefficient (Wildman–Crippen LogP) is 0.864. The molecule has 0 aliphatic heterocycles. The van der Waals surface area contributed by atoms with Crippen molar-refractivity contribution in [3.05, 3.63) is 41.5 Å². The van der Waals surface area contributed by atoms with E-state index in [2.05, 4.69) is 0 Å². The van der Waals surface area contributed by atoms with Crippen LogP contribution in [0.5, 0.6) is 0 Å². The molecule has 0 saturated heterocycles. The topological polar surface area (TPSA) is 87.1 Å². The SMILES string of the molecule is COCC(O)CN(C)C(=O)c1ccc(C=CC(=O)O)cc1. The lowest BCUT2D eigenvalue weighted by molar-refractivity contribution is -0.131. The molecule has 0 heterocycles. The van der Waals surface area contributed by atoms with Gasteiger partial charge in [0, 0.05) is 32.3 Å². The van der Waals surface area contributed by atoms with Crippen LogP contribution < -0.4 is 0 Å². The second kappa shape index (κ2) is 8.18. The van der Waals surface area contributed by atoms with E-state index in [4.69, 9.17) is 9.84 Å². The number of hydrogen-bond acceptors (Lipinski definition) is 4. The number of carbonyl (C=O) groups is 2. The number of aliphatic hydroxyl groups is 1. The van der Waals surface area contributed by atoms with Crippen molar-refractivity contribution in [3.63, 3.8) is 0 Å². The second-order valence-corrected chi connectivity index (χ2v) is 4.59. The standard InChI is InChI=1S/C15H19NO5/c1-16(9-13(17)10-21-2)15(20)12-6-3-11(4-7-12)5-8-14(18)19/h3-8,13,17H,9-10H2,1-2H3,(H,18,19). The lowest BCUT2D eigenvalue weighted by atomic mass is 10.1. The monoisotopic (exact) mass is 293 g/mol. The van der Waals surface area contributed by atoms with Crippen molar-refractivity contribution in [2.24, 2.45) is 0 Å². The molecule has 0 saturated carbocycles. The normalized spacial score (nSPS) is 12.3. The Morgan fingerprint density at radius 2 is 1.95 bits per heavy atom. The summed E-state index contributed by atoms with van der Waals surface area (Å²) in [5.41, 5.74) is 1.16. The molecule has 1 amide bonds. The van der Waals surface area contributed by atoms with Crippen LogP contribution in [0.25, 0.3) is 6.08 Å². The molecule has 114 valence electrons. The minimum Gasteiger partial charge on any atom is -0.478 e. The fourth-order valence-electron chi connectivity index (χ4n) is 1.77. The Hall–Kier alpha value is -2.18. The number of methoxy groups -OCH3 is 1. The van der Waals surface area contributed by atoms with Gasteiger partial charge in [0.25, 0.3) is 5.91 Å². The van der Waals surface area contributed by atoms with Crippen molar-refractivity contribution in [1.82, 2.24) is 4.90 Å². The number of ether oxygens (including phenoxy) is 1. The third kappa shape index (κ3) is 5.76. The first-order valence-electron chi connectivity index (χ1n) is 6.37. The van der Waals surface area contributed by atoms with Crippen LogP contribution in [0.1, 0.15) is 15.9 Å². The number of amides is 1. The molecule has 0 spiro atoms. The molecule has 1 aromatic carbocycles. The van der Waals surface area contributed by atoms with Crippen LogP contribution in [0.15, 0.2) is 30.3 Å². The summed E-state index contributed by atoms with van der Waals surface area (Å²) in [6.07, 6.45) is 1.74. The summed E-state index contributed by atoms with van der Waals surface area (Å²) in [5.74, 6) is -1.25. The molecular weight excluding hydrogens is 274 g/mol. The third-order valence-electron chi connectivity index (χ3n) is 2.77. The van der Waals surface area contributed by atoms with Gasteiger partial charge in [-0.1, -0.05) is 12.1 Å². The van der Waals surface area contributed by atoms with Crippen molar-refractivity contribution in [3.8, 4) is 0 Å². The number of aliphatic hydroxyl groups excluding tert-OH is 1. The van der Waals surface area contributed by atoms with E-state index in [9.17, 15) is 14.7 Å². The highest BCUT2D eigenvalue weighted by Gasteiger charge is 2.15. The van der Waals surface area contributed by atoms with E-state index in [0.29, 0.717) is 11.1 Å². The fourth-order valence-corrected chi connectivity index (χ4v) is 1.77. The lowest BCUT2D eigenvalue weighted by Gasteiger charge is -2.20. The summed E-state index contributed by atoms with van der Waals surface area (Å²) in [7, 11) is 3.08. The summed E-state index contributed by atoms with van der Waals surface area (Å²) in [4.78, 5) is 23.9. The maximum Gasteiger partial charge on any atom is 0.328 e. The summed E-state index contributed by atoms with van der Waals surface area (Å²) < 4.78 is 4.81. The Morgan fingerprint density at radius 1 is 1.33 bits per heavy atom. The first kappa shape index (κ1) is 16.9. The summed E-state index contributed by atoms with van der Waals surface area (Å²) in [6.45, 7) is 0.337. The van der Waals surface area contributed by atoms with Crippen LogP contribution in [-0.4, -0.2) is 60.4 Å². The Kier molecular flexibility index (Phi) is 6.58. The van der Waals surface area contributed by atoms with Crippen molar-refractivity contribution in [2.45, 2.75) is 6.10 Å². The van der Waals surface area contributed by atoms with Crippen molar-refractivity contribution >= 4 is 18.0 Å². The predicted molar refractivity (Wildman–Crippen MR) is 78.0 cm³/mol. The van der Waals surface area contributed by atoms with Gasteiger partial charge in [-0.3, -0.25) is 4.79 Å². The van der Waals surface area contributed by atoms with Crippen LogP contribution in [0.4, 0.5) is 0 Å². The van der Waals surface area contributed by atoms with Gasteiger partial charge in [-0.05, 0) is 23.8 Å². The van der Waals surface area contributed by atoms with Crippen LogP contribution in [0, 0.1) is 0 Å². The van der Waals surface area contributed by atoms with Crippen LogP contribution in [0.2, 0.25) is 0 Å². The average molecular weight is 293 g/mol. The molecule has 1 unspecified atom stereocenters. The Bertz CT molecular complexity index is 509. The molecule has 6 heteroatoms. The zero-order valence-corrected chi connectivity index (χ0v) is 12.0. The average Bonchev–Trinajstić information content (AvgIpc) is 2.45. The number of carboxylic acids is 1. The first-order valence-corrected chi connectivity index (χ1v) is 6.37. The summed E-state index contributed by atoms with van der Waals surface area (Å²) in [6, 6.07) is 6.55. The molecule has 0 aromatic heterocycles. The zero-order valence-electron chi connectivity index (χ0n) is 12.0. The molecule has 0 aliphatic rings. The van der Waals surface area contributed by atoms with Gasteiger partial charge in [0.2, 0.25) is 0 Å². The smallest absolute Gasteiger partial charge is 0.328 e. The van der Waals surface area contributed by atoms with E-state index in [0.717, 1.165) is 6.08 Å². The molecule has 0 aliphatic carbocycles. The fraction of sp³-hybridized carbons (Fsp3) is 0.333. The molecule has 0 bridgehead atoms. The van der Waals surface area contributed by atoms with Gasteiger partial charge in [0.1, 0.15) is 0 Å². The summed E-state index contributed by atoms with van der Waals surface area (Å²) >= 11 is 0. The Labute approximate surface area is 123 Å². The Morgan fingerprint density at radius 3 is 2.48 bits per heavy atom. The van der Waals surface area contributed by atoms with Crippen molar-refractivity contribution in [1.29, 1.82) is 0 Å². The molecule has 21 heavy (non-hydrogen) atoms. The highest BCUT2D eigenvalue weighted by atomic mass is 16.5. The van der Waals surface area contributed by atoms with Crippen LogP contribution in [0.3, 0.4) is 0 Å².